The molecule has 0 aliphatic carbocycles. The molecule has 1 aromatic carbocycles. The van der Waals surface area contributed by atoms with Gasteiger partial charge >= 0.3 is 0 Å². The fraction of sp³-hybridized carbons (Fsp3) is 0.435. The summed E-state index contributed by atoms with van der Waals surface area (Å²) in [4.78, 5) is 7.01. The number of benzene rings is 1. The molecule has 0 bridgehead atoms. The molecule has 2 aromatic heterocycles. The predicted octanol–water partition coefficient (Wildman–Crippen LogP) is 2.87. The molecule has 1 saturated heterocycles. The number of likely N-dealkylation sites (tertiary alicyclic amines) is 1. The number of piperidine rings is 1. The van der Waals surface area contributed by atoms with Crippen LogP contribution in [-0.4, -0.2) is 52.1 Å². The van der Waals surface area contributed by atoms with E-state index in [1.807, 2.05) is 28.8 Å². The quantitative estimate of drug-likeness (QED) is 0.488. The summed E-state index contributed by atoms with van der Waals surface area (Å²) >= 11 is 0. The Morgan fingerprint density at radius 3 is 2.60 bits per heavy atom. The van der Waals surface area contributed by atoms with Crippen LogP contribution in [0.1, 0.15) is 37.2 Å². The van der Waals surface area contributed by atoms with Gasteiger partial charge in [0.05, 0.1) is 12.6 Å². The maximum Gasteiger partial charge on any atom is 0.191 e. The van der Waals surface area contributed by atoms with E-state index in [9.17, 15) is 0 Å². The molecule has 4 rings (SSSR count). The number of nitrogens with zero attached hydrogens (tertiary/aromatic N) is 5. The Morgan fingerprint density at radius 2 is 1.83 bits per heavy atom. The van der Waals surface area contributed by atoms with E-state index < -0.39 is 0 Å². The van der Waals surface area contributed by atoms with Gasteiger partial charge in [0.1, 0.15) is 0 Å². The van der Waals surface area contributed by atoms with Gasteiger partial charge in [-0.05, 0) is 49.5 Å². The molecule has 3 heterocycles. The summed E-state index contributed by atoms with van der Waals surface area (Å²) in [7, 11) is 1.80. The monoisotopic (exact) mass is 405 g/mol. The van der Waals surface area contributed by atoms with Crippen LogP contribution in [0.2, 0.25) is 0 Å². The minimum Gasteiger partial charge on any atom is -0.354 e. The lowest BCUT2D eigenvalue weighted by atomic mass is 9.95. The zero-order valence-corrected chi connectivity index (χ0v) is 17.8. The topological polar surface area (TPSA) is 69.8 Å². The van der Waals surface area contributed by atoms with Crippen LogP contribution in [-0.2, 0) is 6.54 Å². The lowest BCUT2D eigenvalue weighted by molar-refractivity contribution is 0.138. The number of rotatable bonds is 6. The van der Waals surface area contributed by atoms with Gasteiger partial charge in [-0.3, -0.25) is 14.3 Å². The maximum atomic E-state index is 4.41. The number of aromatic nitrogens is 3. The summed E-state index contributed by atoms with van der Waals surface area (Å²) in [5.41, 5.74) is 2.19. The Labute approximate surface area is 178 Å². The molecular weight excluding hydrogens is 374 g/mol. The lowest BCUT2D eigenvalue weighted by Gasteiger charge is -2.37. The number of aliphatic imine (C=N–C) groups is 1. The standard InChI is InChI=1S/C23H31N7/c1-18-11-14-29(15-12-18)20(19-8-4-3-5-9-19)16-25-23(24-2)26-17-22-28-27-21-10-6-7-13-30(21)22/h3-10,13,18,20H,11-12,14-17H2,1-2H3,(H2,24,25,26). The van der Waals surface area contributed by atoms with E-state index in [2.05, 4.69) is 68.0 Å². The zero-order chi connectivity index (χ0) is 20.8. The van der Waals surface area contributed by atoms with Crippen LogP contribution in [0.4, 0.5) is 0 Å². The third kappa shape index (κ3) is 4.79. The first-order valence-corrected chi connectivity index (χ1v) is 10.8. The van der Waals surface area contributed by atoms with E-state index in [0.29, 0.717) is 12.6 Å². The number of fused-ring (bicyclic) bond motifs is 1. The third-order valence-corrected chi connectivity index (χ3v) is 5.93. The summed E-state index contributed by atoms with van der Waals surface area (Å²) in [5.74, 6) is 2.45. The lowest BCUT2D eigenvalue weighted by Crippen LogP contribution is -2.45. The Kier molecular flexibility index (Phi) is 6.59. The van der Waals surface area contributed by atoms with Crippen LogP contribution >= 0.6 is 0 Å². The third-order valence-electron chi connectivity index (χ3n) is 5.93. The van der Waals surface area contributed by atoms with Crippen LogP contribution in [0.5, 0.6) is 0 Å². The number of pyridine rings is 1. The first-order valence-electron chi connectivity index (χ1n) is 10.8. The molecule has 1 atom stereocenters. The van der Waals surface area contributed by atoms with E-state index in [1.165, 1.54) is 18.4 Å². The summed E-state index contributed by atoms with van der Waals surface area (Å²) < 4.78 is 1.99. The molecule has 0 amide bonds. The average molecular weight is 406 g/mol. The number of nitrogens with one attached hydrogen (secondary N) is 2. The molecule has 0 saturated carbocycles. The van der Waals surface area contributed by atoms with E-state index in [1.54, 1.807) is 7.05 Å². The first kappa shape index (κ1) is 20.3. The SMILES string of the molecule is CN=C(NCc1nnc2ccccn12)NCC(c1ccccc1)N1CCC(C)CC1. The maximum absolute atomic E-state index is 4.41. The highest BCUT2D eigenvalue weighted by Gasteiger charge is 2.24. The average Bonchev–Trinajstić information content (AvgIpc) is 3.21. The van der Waals surface area contributed by atoms with E-state index >= 15 is 0 Å². The highest BCUT2D eigenvalue weighted by Crippen LogP contribution is 2.26. The molecule has 1 fully saturated rings. The Bertz CT molecular complexity index is 958. The molecule has 30 heavy (non-hydrogen) atoms. The van der Waals surface area contributed by atoms with Gasteiger partial charge in [0, 0.05) is 19.8 Å². The highest BCUT2D eigenvalue weighted by atomic mass is 15.3. The van der Waals surface area contributed by atoms with Gasteiger partial charge in [0.25, 0.3) is 0 Å². The van der Waals surface area contributed by atoms with Crippen molar-refractivity contribution in [2.75, 3.05) is 26.7 Å². The van der Waals surface area contributed by atoms with Crippen molar-refractivity contribution < 1.29 is 0 Å². The predicted molar refractivity (Wildman–Crippen MR) is 120 cm³/mol. The molecule has 1 unspecified atom stereocenters. The normalized spacial score (nSPS) is 17.2. The van der Waals surface area contributed by atoms with Crippen molar-refractivity contribution in [2.45, 2.75) is 32.4 Å². The summed E-state index contributed by atoms with van der Waals surface area (Å²) in [6, 6.07) is 17.0. The van der Waals surface area contributed by atoms with Crippen LogP contribution in [0.15, 0.2) is 59.7 Å². The molecule has 1 aliphatic heterocycles. The van der Waals surface area contributed by atoms with Crippen LogP contribution in [0.25, 0.3) is 5.65 Å². The van der Waals surface area contributed by atoms with Crippen LogP contribution < -0.4 is 10.6 Å². The van der Waals surface area contributed by atoms with E-state index in [0.717, 1.165) is 43.0 Å². The second kappa shape index (κ2) is 9.71. The van der Waals surface area contributed by atoms with Crippen molar-refractivity contribution in [3.63, 3.8) is 0 Å². The fourth-order valence-corrected chi connectivity index (χ4v) is 4.06. The second-order valence-corrected chi connectivity index (χ2v) is 8.00. The van der Waals surface area contributed by atoms with Gasteiger partial charge in [-0.25, -0.2) is 0 Å². The van der Waals surface area contributed by atoms with Crippen molar-refractivity contribution >= 4 is 11.6 Å². The summed E-state index contributed by atoms with van der Waals surface area (Å²) in [5, 5.41) is 15.4. The molecule has 7 nitrogen and oxygen atoms in total. The molecule has 3 aromatic rings. The van der Waals surface area contributed by atoms with Gasteiger partial charge in [0.15, 0.2) is 17.4 Å². The van der Waals surface area contributed by atoms with Crippen molar-refractivity contribution in [1.29, 1.82) is 0 Å². The van der Waals surface area contributed by atoms with Crippen LogP contribution in [0, 0.1) is 5.92 Å². The molecule has 1 aliphatic rings. The summed E-state index contributed by atoms with van der Waals surface area (Å²) in [6.45, 7) is 5.99. The van der Waals surface area contributed by atoms with Gasteiger partial charge < -0.3 is 10.6 Å². The van der Waals surface area contributed by atoms with Crippen molar-refractivity contribution in [3.05, 3.63) is 66.1 Å². The smallest absolute Gasteiger partial charge is 0.191 e. The van der Waals surface area contributed by atoms with Crippen molar-refractivity contribution in [3.8, 4) is 0 Å². The van der Waals surface area contributed by atoms with Gasteiger partial charge in [-0.1, -0.05) is 43.3 Å². The van der Waals surface area contributed by atoms with Gasteiger partial charge in [0.2, 0.25) is 0 Å². The largest absolute Gasteiger partial charge is 0.354 e. The Morgan fingerprint density at radius 1 is 1.07 bits per heavy atom. The zero-order valence-electron chi connectivity index (χ0n) is 17.8. The molecular formula is C23H31N7. The minimum absolute atomic E-state index is 0.325. The highest BCUT2D eigenvalue weighted by molar-refractivity contribution is 5.79. The van der Waals surface area contributed by atoms with Crippen molar-refractivity contribution in [1.82, 2.24) is 30.1 Å². The summed E-state index contributed by atoms with van der Waals surface area (Å²) in [6.07, 6.45) is 4.50. The Balaban J connectivity index is 1.40. The van der Waals surface area contributed by atoms with Gasteiger partial charge in [-0.2, -0.15) is 0 Å². The molecule has 2 N–H and O–H groups in total. The first-order chi connectivity index (χ1) is 14.7. The molecule has 0 radical (unpaired) electrons. The minimum atomic E-state index is 0.325. The number of hydrogen-bond donors (Lipinski definition) is 2. The van der Waals surface area contributed by atoms with Gasteiger partial charge in [-0.15, -0.1) is 10.2 Å². The van der Waals surface area contributed by atoms with Crippen LogP contribution in [0.3, 0.4) is 0 Å². The number of guanidine groups is 1. The van der Waals surface area contributed by atoms with E-state index in [-0.39, 0.29) is 0 Å². The number of hydrogen-bond acceptors (Lipinski definition) is 4. The molecule has 158 valence electrons. The molecule has 7 heteroatoms. The van der Waals surface area contributed by atoms with Crippen molar-refractivity contribution in [2.24, 2.45) is 10.9 Å². The molecule has 0 spiro atoms. The fourth-order valence-electron chi connectivity index (χ4n) is 4.06. The Hall–Kier alpha value is -2.93. The second-order valence-electron chi connectivity index (χ2n) is 8.00. The van der Waals surface area contributed by atoms with E-state index in [4.69, 9.17) is 0 Å².